The van der Waals surface area contributed by atoms with Gasteiger partial charge in [0.1, 0.15) is 5.60 Å². The summed E-state index contributed by atoms with van der Waals surface area (Å²) in [4.78, 5) is 23.7. The maximum atomic E-state index is 11.7. The Bertz CT molecular complexity index is 330. The first-order valence-electron chi connectivity index (χ1n) is 5.67. The molecule has 96 valence electrons. The fraction of sp³-hybridized carbons (Fsp3) is 0.667. The van der Waals surface area contributed by atoms with Crippen molar-refractivity contribution in [3.05, 3.63) is 12.2 Å². The molecule has 1 N–H and O–H groups in total. The predicted molar refractivity (Wildman–Crippen MR) is 62.7 cm³/mol. The Morgan fingerprint density at radius 2 is 2.06 bits per heavy atom. The number of hydrogen-bond acceptors (Lipinski definition) is 3. The molecule has 17 heavy (non-hydrogen) atoms. The van der Waals surface area contributed by atoms with E-state index >= 15 is 0 Å². The van der Waals surface area contributed by atoms with Crippen molar-refractivity contribution in [3.63, 3.8) is 0 Å². The fourth-order valence-corrected chi connectivity index (χ4v) is 1.66. The molecule has 0 aromatic rings. The summed E-state index contributed by atoms with van der Waals surface area (Å²) >= 11 is 0. The average molecular weight is 241 g/mol. The largest absolute Gasteiger partial charge is 0.478 e. The normalized spacial score (nSPS) is 20.9. The Balaban J connectivity index is 2.45. The maximum absolute atomic E-state index is 11.7. The molecular weight excluding hydrogens is 222 g/mol. The van der Waals surface area contributed by atoms with Gasteiger partial charge in [0.25, 0.3) is 0 Å². The average Bonchev–Trinajstić information content (AvgIpc) is 2.60. The van der Waals surface area contributed by atoms with Gasteiger partial charge in [-0.05, 0) is 33.1 Å². The molecule has 0 aromatic heterocycles. The van der Waals surface area contributed by atoms with Crippen molar-refractivity contribution in [2.24, 2.45) is 5.92 Å². The van der Waals surface area contributed by atoms with Gasteiger partial charge in [-0.25, -0.2) is 9.59 Å². The van der Waals surface area contributed by atoms with Gasteiger partial charge in [-0.3, -0.25) is 0 Å². The summed E-state index contributed by atoms with van der Waals surface area (Å²) in [6.45, 7) is 6.61. The van der Waals surface area contributed by atoms with Gasteiger partial charge in [0, 0.05) is 19.2 Å². The van der Waals surface area contributed by atoms with E-state index in [-0.39, 0.29) is 12.0 Å². The van der Waals surface area contributed by atoms with Gasteiger partial charge in [0.05, 0.1) is 0 Å². The van der Waals surface area contributed by atoms with Gasteiger partial charge in [0.2, 0.25) is 0 Å². The molecule has 5 heteroatoms. The highest BCUT2D eigenvalue weighted by atomic mass is 16.6. The second-order valence-corrected chi connectivity index (χ2v) is 5.17. The van der Waals surface area contributed by atoms with Gasteiger partial charge < -0.3 is 14.7 Å². The summed E-state index contributed by atoms with van der Waals surface area (Å²) < 4.78 is 5.24. The van der Waals surface area contributed by atoms with Crippen LogP contribution in [0, 0.1) is 5.92 Å². The van der Waals surface area contributed by atoms with Crippen molar-refractivity contribution in [2.75, 3.05) is 13.1 Å². The minimum absolute atomic E-state index is 0.110. The molecule has 0 aromatic carbocycles. The number of carbonyl (C=O) groups is 2. The smallest absolute Gasteiger partial charge is 0.410 e. The molecule has 1 saturated heterocycles. The Morgan fingerprint density at radius 1 is 1.41 bits per heavy atom. The number of rotatable bonds is 2. The van der Waals surface area contributed by atoms with Crippen LogP contribution in [0.3, 0.4) is 0 Å². The summed E-state index contributed by atoms with van der Waals surface area (Å²) in [5.74, 6) is -0.848. The molecule has 0 bridgehead atoms. The number of amides is 1. The molecule has 0 radical (unpaired) electrons. The van der Waals surface area contributed by atoms with E-state index < -0.39 is 11.6 Å². The van der Waals surface area contributed by atoms with Crippen LogP contribution in [0.4, 0.5) is 4.79 Å². The summed E-state index contributed by atoms with van der Waals surface area (Å²) in [5, 5.41) is 8.51. The topological polar surface area (TPSA) is 66.8 Å². The van der Waals surface area contributed by atoms with Crippen LogP contribution in [-0.2, 0) is 9.53 Å². The summed E-state index contributed by atoms with van der Waals surface area (Å²) in [5.41, 5.74) is -0.494. The van der Waals surface area contributed by atoms with Crippen LogP contribution in [0.5, 0.6) is 0 Å². The molecule has 1 rings (SSSR count). The van der Waals surface area contributed by atoms with Crippen molar-refractivity contribution < 1.29 is 19.4 Å². The van der Waals surface area contributed by atoms with Crippen LogP contribution >= 0.6 is 0 Å². The van der Waals surface area contributed by atoms with Gasteiger partial charge in [-0.15, -0.1) is 0 Å². The molecule has 1 heterocycles. The monoisotopic (exact) mass is 241 g/mol. The van der Waals surface area contributed by atoms with Crippen LogP contribution in [0.25, 0.3) is 0 Å². The number of carbonyl (C=O) groups excluding carboxylic acids is 1. The lowest BCUT2D eigenvalue weighted by Crippen LogP contribution is -2.35. The van der Waals surface area contributed by atoms with Crippen LogP contribution < -0.4 is 0 Å². The minimum atomic E-state index is -0.958. The number of ether oxygens (including phenoxy) is 1. The predicted octanol–water partition coefficient (Wildman–Crippen LogP) is 1.88. The summed E-state index contributed by atoms with van der Waals surface area (Å²) in [6, 6.07) is 0. The standard InChI is InChI=1S/C12H19NO4/c1-12(2,3)17-11(16)13-7-6-9(8-13)4-5-10(14)15/h4-5,9H,6-8H2,1-3H3,(H,14,15)/b5-4+/t9-/m0/s1. The first kappa shape index (κ1) is 13.5. The van der Waals surface area contributed by atoms with Crippen molar-refractivity contribution in [1.29, 1.82) is 0 Å². The third-order valence-electron chi connectivity index (χ3n) is 2.39. The lowest BCUT2D eigenvalue weighted by Gasteiger charge is -2.24. The molecule has 1 aliphatic rings. The van der Waals surface area contributed by atoms with Crippen LogP contribution in [0.2, 0.25) is 0 Å². The zero-order valence-electron chi connectivity index (χ0n) is 10.5. The molecule has 0 unspecified atom stereocenters. The zero-order chi connectivity index (χ0) is 13.1. The van der Waals surface area contributed by atoms with Crippen LogP contribution in [0.1, 0.15) is 27.2 Å². The van der Waals surface area contributed by atoms with E-state index in [1.807, 2.05) is 20.8 Å². The SMILES string of the molecule is CC(C)(C)OC(=O)N1CC[C@H](/C=C/C(=O)O)C1. The third kappa shape index (κ3) is 4.89. The number of nitrogens with zero attached hydrogens (tertiary/aromatic N) is 1. The third-order valence-corrected chi connectivity index (χ3v) is 2.39. The first-order valence-corrected chi connectivity index (χ1v) is 5.67. The molecule has 1 amide bonds. The van der Waals surface area contributed by atoms with E-state index in [0.29, 0.717) is 13.1 Å². The molecule has 1 fully saturated rings. The highest BCUT2D eigenvalue weighted by molar-refractivity contribution is 5.79. The molecule has 5 nitrogen and oxygen atoms in total. The van der Waals surface area contributed by atoms with Crippen LogP contribution in [-0.4, -0.2) is 40.8 Å². The highest BCUT2D eigenvalue weighted by Crippen LogP contribution is 2.20. The van der Waals surface area contributed by atoms with E-state index in [9.17, 15) is 9.59 Å². The fourth-order valence-electron chi connectivity index (χ4n) is 1.66. The van der Waals surface area contributed by atoms with Crippen LogP contribution in [0.15, 0.2) is 12.2 Å². The molecular formula is C12H19NO4. The first-order chi connectivity index (χ1) is 7.78. The maximum Gasteiger partial charge on any atom is 0.410 e. The number of carboxylic acid groups (broad SMARTS) is 1. The highest BCUT2D eigenvalue weighted by Gasteiger charge is 2.28. The van der Waals surface area contributed by atoms with Gasteiger partial charge >= 0.3 is 12.1 Å². The Labute approximate surface area is 101 Å². The van der Waals surface area contributed by atoms with Crippen molar-refractivity contribution in [2.45, 2.75) is 32.8 Å². The molecule has 0 aliphatic carbocycles. The minimum Gasteiger partial charge on any atom is -0.478 e. The van der Waals surface area contributed by atoms with E-state index in [1.165, 1.54) is 0 Å². The quantitative estimate of drug-likeness (QED) is 0.750. The van der Waals surface area contributed by atoms with Crippen molar-refractivity contribution in [1.82, 2.24) is 4.90 Å². The van der Waals surface area contributed by atoms with Gasteiger partial charge in [-0.2, -0.15) is 0 Å². The van der Waals surface area contributed by atoms with E-state index in [0.717, 1.165) is 12.5 Å². The summed E-state index contributed by atoms with van der Waals surface area (Å²) in [6.07, 6.45) is 3.21. The number of carboxylic acids is 1. The van der Waals surface area contributed by atoms with E-state index in [2.05, 4.69) is 0 Å². The number of hydrogen-bond donors (Lipinski definition) is 1. The molecule has 1 atom stereocenters. The second kappa shape index (κ2) is 5.21. The molecule has 0 spiro atoms. The van der Waals surface area contributed by atoms with Crippen molar-refractivity contribution in [3.8, 4) is 0 Å². The molecule has 0 saturated carbocycles. The van der Waals surface area contributed by atoms with Gasteiger partial charge in [0.15, 0.2) is 0 Å². The number of aliphatic carboxylic acids is 1. The van der Waals surface area contributed by atoms with Gasteiger partial charge in [-0.1, -0.05) is 6.08 Å². The lowest BCUT2D eigenvalue weighted by molar-refractivity contribution is -0.131. The summed E-state index contributed by atoms with van der Waals surface area (Å²) in [7, 11) is 0. The van der Waals surface area contributed by atoms with E-state index in [1.54, 1.807) is 11.0 Å². The molecule has 1 aliphatic heterocycles. The number of likely N-dealkylation sites (tertiary alicyclic amines) is 1. The van der Waals surface area contributed by atoms with E-state index in [4.69, 9.17) is 9.84 Å². The Morgan fingerprint density at radius 3 is 2.59 bits per heavy atom. The zero-order valence-corrected chi connectivity index (χ0v) is 10.5. The Kier molecular flexibility index (Phi) is 4.15. The second-order valence-electron chi connectivity index (χ2n) is 5.17. The van der Waals surface area contributed by atoms with Crippen molar-refractivity contribution >= 4 is 12.1 Å². The lowest BCUT2D eigenvalue weighted by atomic mass is 10.1. The Hall–Kier alpha value is -1.52.